The van der Waals surface area contributed by atoms with E-state index < -0.39 is 0 Å². The van der Waals surface area contributed by atoms with Gasteiger partial charge in [0.2, 0.25) is 10.8 Å². The number of hydrogen-bond donors (Lipinski definition) is 0. The van der Waals surface area contributed by atoms with E-state index in [4.69, 9.17) is 23.4 Å². The molecule has 11 nitrogen and oxygen atoms in total. The van der Waals surface area contributed by atoms with Crippen molar-refractivity contribution in [2.24, 2.45) is 0 Å². The number of carbonyl (C=O) groups excluding carboxylic acids is 1. The largest absolute Gasteiger partial charge is 0.496 e. The number of amides is 1. The molecule has 0 spiro atoms. The number of carbonyl (C=O) groups is 1. The van der Waals surface area contributed by atoms with Crippen molar-refractivity contribution in [3.8, 4) is 34.0 Å². The number of rotatable bonds is 9. The second-order valence-electron chi connectivity index (χ2n) is 8.99. The van der Waals surface area contributed by atoms with Gasteiger partial charge in [-0.3, -0.25) is 4.79 Å². The van der Waals surface area contributed by atoms with E-state index in [1.54, 1.807) is 55.1 Å². The summed E-state index contributed by atoms with van der Waals surface area (Å²) in [7, 11) is 6.41. The Balaban J connectivity index is 1.23. The standard InChI is InChI=1S/C29H25N5O6S/c1-33(27(35)18-8-9-26(37-3)30-14-18)19-7-5-6-17(10-19)16-39-23-11-20(36-2)12-24-21(23)13-25(40-24)22-15-34-28(31-22)41-29(32-34)38-4/h5-15H,16H2,1-4H3. The summed E-state index contributed by atoms with van der Waals surface area (Å²) in [5, 5.41) is 5.63. The molecule has 0 bridgehead atoms. The topological polar surface area (TPSA) is 113 Å². The molecule has 0 N–H and O–H groups in total. The van der Waals surface area contributed by atoms with Gasteiger partial charge in [-0.05, 0) is 41.2 Å². The second kappa shape index (κ2) is 10.8. The fourth-order valence-electron chi connectivity index (χ4n) is 4.28. The number of pyridine rings is 1. The molecule has 0 aliphatic rings. The van der Waals surface area contributed by atoms with Gasteiger partial charge >= 0.3 is 0 Å². The third-order valence-electron chi connectivity index (χ3n) is 6.45. The summed E-state index contributed by atoms with van der Waals surface area (Å²) < 4.78 is 29.8. The number of furan rings is 1. The average molecular weight is 572 g/mol. The Kier molecular flexibility index (Phi) is 6.89. The van der Waals surface area contributed by atoms with Crippen molar-refractivity contribution in [2.75, 3.05) is 33.3 Å². The number of aromatic nitrogens is 4. The van der Waals surface area contributed by atoms with Gasteiger partial charge in [-0.15, -0.1) is 5.10 Å². The predicted octanol–water partition coefficient (Wildman–Crippen LogP) is 5.48. The zero-order valence-electron chi connectivity index (χ0n) is 22.7. The van der Waals surface area contributed by atoms with Crippen molar-refractivity contribution in [3.63, 3.8) is 0 Å². The Bertz CT molecular complexity index is 1830. The van der Waals surface area contributed by atoms with Gasteiger partial charge in [-0.2, -0.15) is 0 Å². The molecule has 0 unspecified atom stereocenters. The summed E-state index contributed by atoms with van der Waals surface area (Å²) in [6.45, 7) is 0.257. The number of anilines is 1. The minimum Gasteiger partial charge on any atom is -0.496 e. The molecule has 0 aliphatic heterocycles. The molecule has 0 fully saturated rings. The van der Waals surface area contributed by atoms with Gasteiger partial charge in [0.1, 0.15) is 29.4 Å². The summed E-state index contributed by atoms with van der Waals surface area (Å²) in [6.07, 6.45) is 3.28. The van der Waals surface area contributed by atoms with E-state index in [2.05, 4.69) is 15.1 Å². The van der Waals surface area contributed by atoms with Gasteiger partial charge in [0, 0.05) is 37.1 Å². The fraction of sp³-hybridized carbons (Fsp3) is 0.172. The first-order chi connectivity index (χ1) is 19.9. The molecule has 6 rings (SSSR count). The van der Waals surface area contributed by atoms with Crippen LogP contribution in [0.2, 0.25) is 0 Å². The van der Waals surface area contributed by atoms with Crippen LogP contribution in [0.3, 0.4) is 0 Å². The van der Waals surface area contributed by atoms with Crippen LogP contribution >= 0.6 is 11.3 Å². The molecular weight excluding hydrogens is 546 g/mol. The van der Waals surface area contributed by atoms with E-state index in [1.807, 2.05) is 36.4 Å². The molecule has 0 saturated carbocycles. The summed E-state index contributed by atoms with van der Waals surface area (Å²) in [5.74, 6) is 2.02. The van der Waals surface area contributed by atoms with Crippen LogP contribution in [0.1, 0.15) is 15.9 Å². The molecule has 1 amide bonds. The number of ether oxygens (including phenoxy) is 4. The van der Waals surface area contributed by atoms with Crippen molar-refractivity contribution in [1.82, 2.24) is 19.6 Å². The minimum absolute atomic E-state index is 0.188. The molecule has 0 aliphatic carbocycles. The highest BCUT2D eigenvalue weighted by Gasteiger charge is 2.18. The van der Waals surface area contributed by atoms with Crippen molar-refractivity contribution in [2.45, 2.75) is 6.61 Å². The van der Waals surface area contributed by atoms with Crippen molar-refractivity contribution < 1.29 is 28.2 Å². The van der Waals surface area contributed by atoms with Gasteiger partial charge < -0.3 is 28.3 Å². The van der Waals surface area contributed by atoms with Gasteiger partial charge in [0.15, 0.2) is 5.76 Å². The third kappa shape index (κ3) is 5.12. The highest BCUT2D eigenvalue weighted by Crippen LogP contribution is 2.37. The lowest BCUT2D eigenvalue weighted by Crippen LogP contribution is -2.26. The molecule has 2 aromatic carbocycles. The zero-order chi connectivity index (χ0) is 28.5. The predicted molar refractivity (Wildman–Crippen MR) is 153 cm³/mol. The maximum Gasteiger partial charge on any atom is 0.294 e. The quantitative estimate of drug-likeness (QED) is 0.223. The van der Waals surface area contributed by atoms with Crippen LogP contribution in [0.5, 0.6) is 22.6 Å². The van der Waals surface area contributed by atoms with Crippen molar-refractivity contribution >= 4 is 38.9 Å². The van der Waals surface area contributed by atoms with E-state index in [0.29, 0.717) is 50.1 Å². The number of imidazole rings is 1. The lowest BCUT2D eigenvalue weighted by atomic mass is 10.1. The Labute approximate surface area is 238 Å². The Morgan fingerprint density at radius 2 is 1.93 bits per heavy atom. The SMILES string of the molecule is COc1cc(OCc2cccc(N(C)C(=O)c3ccc(OC)nc3)c2)c2cc(-c3cn4nc(OC)sc4n3)oc2c1. The lowest BCUT2D eigenvalue weighted by molar-refractivity contribution is 0.0992. The fourth-order valence-corrected chi connectivity index (χ4v) is 4.98. The third-order valence-corrected chi connectivity index (χ3v) is 7.33. The molecule has 0 radical (unpaired) electrons. The zero-order valence-corrected chi connectivity index (χ0v) is 23.5. The molecule has 4 aromatic heterocycles. The van der Waals surface area contributed by atoms with Crippen LogP contribution in [0.15, 0.2) is 71.4 Å². The normalized spacial score (nSPS) is 11.1. The number of benzene rings is 2. The summed E-state index contributed by atoms with van der Waals surface area (Å²) in [5.41, 5.74) is 3.29. The van der Waals surface area contributed by atoms with Crippen molar-refractivity contribution in [1.29, 1.82) is 0 Å². The number of fused-ring (bicyclic) bond motifs is 2. The Morgan fingerprint density at radius 3 is 2.66 bits per heavy atom. The highest BCUT2D eigenvalue weighted by atomic mass is 32.1. The number of methoxy groups -OCH3 is 3. The first-order valence-electron chi connectivity index (χ1n) is 12.5. The first kappa shape index (κ1) is 26.1. The molecule has 6 aromatic rings. The maximum atomic E-state index is 13.0. The molecule has 0 saturated heterocycles. The molecule has 41 heavy (non-hydrogen) atoms. The minimum atomic E-state index is -0.188. The van der Waals surface area contributed by atoms with Crippen LogP contribution in [-0.2, 0) is 6.61 Å². The van der Waals surface area contributed by atoms with E-state index in [9.17, 15) is 4.79 Å². The molecule has 208 valence electrons. The smallest absolute Gasteiger partial charge is 0.294 e. The van der Waals surface area contributed by atoms with Crippen LogP contribution in [0, 0.1) is 0 Å². The average Bonchev–Trinajstić information content (AvgIpc) is 3.72. The lowest BCUT2D eigenvalue weighted by Gasteiger charge is -2.18. The first-order valence-corrected chi connectivity index (χ1v) is 13.3. The summed E-state index contributed by atoms with van der Waals surface area (Å²) >= 11 is 1.34. The maximum absolute atomic E-state index is 13.0. The van der Waals surface area contributed by atoms with Crippen LogP contribution < -0.4 is 23.8 Å². The van der Waals surface area contributed by atoms with Gasteiger partial charge in [-0.25, -0.2) is 14.5 Å². The van der Waals surface area contributed by atoms with Crippen molar-refractivity contribution in [3.05, 3.63) is 78.1 Å². The Hall–Kier alpha value is -5.10. The highest BCUT2D eigenvalue weighted by molar-refractivity contribution is 7.18. The van der Waals surface area contributed by atoms with Gasteiger partial charge in [0.25, 0.3) is 11.1 Å². The van der Waals surface area contributed by atoms with E-state index in [0.717, 1.165) is 16.6 Å². The van der Waals surface area contributed by atoms with E-state index in [-0.39, 0.29) is 12.5 Å². The second-order valence-corrected chi connectivity index (χ2v) is 9.90. The number of nitrogens with zero attached hydrogens (tertiary/aromatic N) is 5. The molecule has 4 heterocycles. The van der Waals surface area contributed by atoms with Gasteiger partial charge in [-0.1, -0.05) is 12.1 Å². The molecular formula is C29H25N5O6S. The number of hydrogen-bond acceptors (Lipinski definition) is 10. The van der Waals surface area contributed by atoms with Crippen LogP contribution in [-0.4, -0.2) is 53.9 Å². The van der Waals surface area contributed by atoms with E-state index in [1.165, 1.54) is 24.6 Å². The Morgan fingerprint density at radius 1 is 1.05 bits per heavy atom. The van der Waals surface area contributed by atoms with Gasteiger partial charge in [0.05, 0.1) is 38.5 Å². The van der Waals surface area contributed by atoms with Crippen LogP contribution in [0.4, 0.5) is 5.69 Å². The van der Waals surface area contributed by atoms with E-state index >= 15 is 0 Å². The summed E-state index contributed by atoms with van der Waals surface area (Å²) in [4.78, 5) is 24.0. The molecule has 12 heteroatoms. The molecule has 0 atom stereocenters. The summed E-state index contributed by atoms with van der Waals surface area (Å²) in [6, 6.07) is 16.5. The monoisotopic (exact) mass is 571 g/mol. The van der Waals surface area contributed by atoms with Crippen LogP contribution in [0.25, 0.3) is 27.4 Å².